The van der Waals surface area contributed by atoms with Crippen molar-refractivity contribution in [3.05, 3.63) is 111 Å². The zero-order valence-corrected chi connectivity index (χ0v) is 43.2. The Morgan fingerprint density at radius 3 is 2.19 bits per heavy atom. The normalized spacial score (nSPS) is 21.2. The summed E-state index contributed by atoms with van der Waals surface area (Å²) in [5.41, 5.74) is 2.61. The number of fused-ring (bicyclic) bond motifs is 1. The predicted octanol–water partition coefficient (Wildman–Crippen LogP) is 3.87. The molecule has 3 N–H and O–H groups in total. The lowest BCUT2D eigenvalue weighted by Gasteiger charge is -2.41. The molecule has 2 atom stereocenters. The first-order valence-corrected chi connectivity index (χ1v) is 27.6. The molecule has 1 aromatic heterocycles. The molecule has 400 valence electrons. The summed E-state index contributed by atoms with van der Waals surface area (Å²) in [6.45, 7) is 10.1. The van der Waals surface area contributed by atoms with E-state index in [4.69, 9.17) is 4.74 Å². The predicted molar refractivity (Wildman–Crippen MR) is 282 cm³/mol. The maximum absolute atomic E-state index is 15.1. The van der Waals surface area contributed by atoms with E-state index >= 15 is 4.39 Å². The third kappa shape index (κ3) is 12.8. The number of likely N-dealkylation sites (tertiary alicyclic amines) is 2. The molecule has 18 heteroatoms. The summed E-state index contributed by atoms with van der Waals surface area (Å²) >= 11 is 0. The fraction of sp³-hybridized carbons (Fsp3) is 0.561. The molecule has 1 saturated carbocycles. The summed E-state index contributed by atoms with van der Waals surface area (Å²) < 4.78 is 20.4. The number of nitrogens with zero attached hydrogens (tertiary/aromatic N) is 7. The summed E-state index contributed by atoms with van der Waals surface area (Å²) in [7, 11) is 0. The van der Waals surface area contributed by atoms with Crippen LogP contribution in [0.1, 0.15) is 101 Å². The van der Waals surface area contributed by atoms with Crippen LogP contribution in [0.2, 0.25) is 0 Å². The number of piperazine rings is 2. The highest BCUT2D eigenvalue weighted by atomic mass is 19.1. The van der Waals surface area contributed by atoms with Crippen molar-refractivity contribution in [2.24, 2.45) is 11.8 Å². The van der Waals surface area contributed by atoms with E-state index in [2.05, 4.69) is 36.7 Å². The van der Waals surface area contributed by atoms with Crippen LogP contribution in [0.4, 0.5) is 4.39 Å². The molecule has 5 amide bonds. The number of aromatic nitrogens is 2. The van der Waals surface area contributed by atoms with E-state index in [0.717, 1.165) is 103 Å². The van der Waals surface area contributed by atoms with Gasteiger partial charge in [0.1, 0.15) is 11.9 Å². The topological polar surface area (TPSA) is 184 Å². The number of nitrogens with one attached hydrogen (secondary N) is 3. The highest BCUT2D eigenvalue weighted by Gasteiger charge is 2.37. The second-order valence-electron chi connectivity index (χ2n) is 21.8. The molecular weight excluding hydrogens is 956 g/mol. The minimum Gasteiger partial charge on any atom is -0.378 e. The number of aromatic amines is 1. The van der Waals surface area contributed by atoms with Crippen molar-refractivity contribution in [3.8, 4) is 0 Å². The molecule has 4 aromatic rings. The van der Waals surface area contributed by atoms with Crippen LogP contribution in [0.15, 0.2) is 71.5 Å². The van der Waals surface area contributed by atoms with Crippen LogP contribution in [0.5, 0.6) is 0 Å². The van der Waals surface area contributed by atoms with Gasteiger partial charge in [-0.05, 0) is 105 Å². The van der Waals surface area contributed by atoms with Crippen molar-refractivity contribution >= 4 is 40.3 Å². The maximum atomic E-state index is 15.1. The monoisotopic (exact) mass is 1030 g/mol. The van der Waals surface area contributed by atoms with Gasteiger partial charge in [0.25, 0.3) is 17.4 Å². The first kappa shape index (κ1) is 52.4. The molecular formula is C57H73FN10O7. The third-order valence-electron chi connectivity index (χ3n) is 16.8. The number of piperidine rings is 2. The summed E-state index contributed by atoms with van der Waals surface area (Å²) in [5.74, 6) is -0.353. The van der Waals surface area contributed by atoms with Gasteiger partial charge < -0.3 is 35.0 Å². The van der Waals surface area contributed by atoms with Gasteiger partial charge in [0, 0.05) is 95.3 Å². The van der Waals surface area contributed by atoms with Crippen molar-refractivity contribution in [1.29, 1.82) is 0 Å². The molecule has 0 bridgehead atoms. The Kier molecular flexibility index (Phi) is 17.0. The molecule has 75 heavy (non-hydrogen) atoms. The second-order valence-corrected chi connectivity index (χ2v) is 21.8. The molecule has 1 aliphatic carbocycles. The van der Waals surface area contributed by atoms with Crippen LogP contribution in [0.3, 0.4) is 0 Å². The van der Waals surface area contributed by atoms with Crippen molar-refractivity contribution < 1.29 is 33.1 Å². The van der Waals surface area contributed by atoms with Crippen molar-refractivity contribution in [2.75, 3.05) is 111 Å². The Hall–Kier alpha value is -6.08. The molecule has 6 fully saturated rings. The Labute approximate surface area is 438 Å². The summed E-state index contributed by atoms with van der Waals surface area (Å²) in [4.78, 5) is 92.9. The average molecular weight is 1030 g/mol. The standard InChI is InChI=1S/C57H73FN10O7/c58-49-16-15-40(31-50-46-13-4-5-14-47(46)55(72)62-61-50)30-48(49)56(73)66-28-26-65(27-29-66)52(70)36-63-20-17-39(18-21-63)34-64-22-24-67(25-23-64)57(74)53(41-8-2-1-3-9-41)60-54(71)43-11-6-10-42(32-43)44-12-7-19-68(35-44)51(69)33-59-45-37-75-38-45/h4-6,10-11,13-16,30,32,39,41,44-45,53,59H,1-3,7-9,12,17-29,31,33-38H2,(H,60,71)(H,62,72)/t44?,53-/m1/s1. The average Bonchev–Trinajstić information content (AvgIpc) is 3.44. The van der Waals surface area contributed by atoms with Gasteiger partial charge in [0.05, 0.1) is 49.0 Å². The molecule has 6 aliphatic rings. The smallest absolute Gasteiger partial charge is 0.272 e. The van der Waals surface area contributed by atoms with Gasteiger partial charge in [0.15, 0.2) is 0 Å². The Morgan fingerprint density at radius 2 is 1.44 bits per heavy atom. The lowest BCUT2D eigenvalue weighted by Crippen LogP contribution is -2.57. The van der Waals surface area contributed by atoms with E-state index in [1.807, 2.05) is 45.0 Å². The lowest BCUT2D eigenvalue weighted by atomic mass is 9.83. The number of halogens is 1. The molecule has 10 rings (SSSR count). The van der Waals surface area contributed by atoms with E-state index in [-0.39, 0.29) is 52.6 Å². The van der Waals surface area contributed by atoms with Gasteiger partial charge in [-0.1, -0.05) is 55.7 Å². The number of ether oxygens (including phenoxy) is 1. The molecule has 6 heterocycles. The number of hydrogen-bond acceptors (Lipinski definition) is 11. The first-order chi connectivity index (χ1) is 36.5. The number of rotatable bonds is 15. The summed E-state index contributed by atoms with van der Waals surface area (Å²) in [6, 6.07) is 19.1. The Balaban J connectivity index is 0.653. The van der Waals surface area contributed by atoms with E-state index in [1.54, 1.807) is 29.2 Å². The fourth-order valence-electron chi connectivity index (χ4n) is 12.2. The second kappa shape index (κ2) is 24.3. The molecule has 5 aliphatic heterocycles. The molecule has 0 spiro atoms. The largest absolute Gasteiger partial charge is 0.378 e. The van der Waals surface area contributed by atoms with Gasteiger partial charge in [-0.2, -0.15) is 5.10 Å². The van der Waals surface area contributed by atoms with Gasteiger partial charge in [-0.3, -0.25) is 38.6 Å². The van der Waals surface area contributed by atoms with Crippen molar-refractivity contribution in [1.82, 2.24) is 50.2 Å². The third-order valence-corrected chi connectivity index (χ3v) is 16.8. The van der Waals surface area contributed by atoms with E-state index in [1.165, 1.54) is 6.07 Å². The van der Waals surface area contributed by atoms with Gasteiger partial charge in [-0.25, -0.2) is 9.49 Å². The molecule has 3 aromatic carbocycles. The number of carbonyl (C=O) groups is 5. The minimum atomic E-state index is -0.606. The first-order valence-electron chi connectivity index (χ1n) is 27.6. The van der Waals surface area contributed by atoms with Crippen LogP contribution in [0.25, 0.3) is 10.8 Å². The van der Waals surface area contributed by atoms with Crippen LogP contribution in [-0.4, -0.2) is 193 Å². The van der Waals surface area contributed by atoms with Crippen molar-refractivity contribution in [2.45, 2.75) is 82.2 Å². The van der Waals surface area contributed by atoms with Crippen molar-refractivity contribution in [3.63, 3.8) is 0 Å². The Morgan fingerprint density at radius 1 is 0.707 bits per heavy atom. The number of amides is 5. The zero-order valence-electron chi connectivity index (χ0n) is 43.2. The number of carbonyl (C=O) groups excluding carboxylic acids is 5. The number of hydrogen-bond donors (Lipinski definition) is 3. The minimum absolute atomic E-state index is 0.0202. The van der Waals surface area contributed by atoms with Gasteiger partial charge >= 0.3 is 0 Å². The SMILES string of the molecule is O=C(N[C@@H](C(=O)N1CCN(CC2CCN(CC(=O)N3CCN(C(=O)c4cc(Cc5n[nH]c(=O)c6ccccc56)ccc4F)CC3)CC2)CC1)C1CCCCC1)c1cccc(C2CCCN(C(=O)CNC3COC3)C2)c1. The molecule has 0 radical (unpaired) electrons. The number of H-pyrrole nitrogens is 1. The van der Waals surface area contributed by atoms with Crippen LogP contribution in [0, 0.1) is 17.7 Å². The van der Waals surface area contributed by atoms with E-state index in [0.29, 0.717) is 112 Å². The molecule has 1 unspecified atom stereocenters. The highest BCUT2D eigenvalue weighted by Crippen LogP contribution is 2.31. The van der Waals surface area contributed by atoms with E-state index < -0.39 is 17.8 Å². The number of benzene rings is 3. The fourth-order valence-corrected chi connectivity index (χ4v) is 12.2. The lowest BCUT2D eigenvalue weighted by molar-refractivity contribution is -0.137. The maximum Gasteiger partial charge on any atom is 0.272 e. The summed E-state index contributed by atoms with van der Waals surface area (Å²) in [5, 5.41) is 14.5. The molecule has 17 nitrogen and oxygen atoms in total. The quantitative estimate of drug-likeness (QED) is 0.157. The van der Waals surface area contributed by atoms with Gasteiger partial charge in [-0.15, -0.1) is 0 Å². The van der Waals surface area contributed by atoms with Crippen LogP contribution < -0.4 is 16.2 Å². The Bertz CT molecular complexity index is 2740. The summed E-state index contributed by atoms with van der Waals surface area (Å²) in [6.07, 6.45) is 9.23. The van der Waals surface area contributed by atoms with Crippen LogP contribution in [-0.2, 0) is 25.5 Å². The molecule has 5 saturated heterocycles. The van der Waals surface area contributed by atoms with E-state index in [9.17, 15) is 28.8 Å². The zero-order chi connectivity index (χ0) is 51.8. The van der Waals surface area contributed by atoms with Gasteiger partial charge in [0.2, 0.25) is 17.7 Å². The van der Waals surface area contributed by atoms with Crippen LogP contribution >= 0.6 is 0 Å². The highest BCUT2D eigenvalue weighted by molar-refractivity contribution is 5.98.